The summed E-state index contributed by atoms with van der Waals surface area (Å²) < 4.78 is 0. The van der Waals surface area contributed by atoms with Crippen molar-refractivity contribution in [1.82, 2.24) is 19.9 Å². The van der Waals surface area contributed by atoms with Crippen molar-refractivity contribution in [2.24, 2.45) is 0 Å². The Hall–Kier alpha value is -6.34. The highest BCUT2D eigenvalue weighted by Crippen LogP contribution is 2.43. The van der Waals surface area contributed by atoms with Gasteiger partial charge in [0.25, 0.3) is 0 Å². The zero-order valence-corrected chi connectivity index (χ0v) is 34.2. The summed E-state index contributed by atoms with van der Waals surface area (Å²) in [5.41, 5.74) is 11.2. The number of rotatable bonds is 15. The standard InChI is InChI=1S/C50H53N7/c1-7-36-13-22-42(23-14-36)55(46-28-19-39(10-4)33-51-46)45-31-49(56(43-24-15-37(8-2)16-25-43)47-29-20-40(11-5)34-52-47)54-50(32-45)57(44-26-17-38(9-3)18-27-44)48-30-21-41(12-6)35-53-48/h13-35H,7-12H2,1-6H3. The minimum absolute atomic E-state index is 0.712. The van der Waals surface area contributed by atoms with Crippen LogP contribution in [0.1, 0.15) is 74.9 Å². The molecule has 7 nitrogen and oxygen atoms in total. The van der Waals surface area contributed by atoms with E-state index in [2.05, 4.69) is 178 Å². The average molecular weight is 752 g/mol. The van der Waals surface area contributed by atoms with Crippen LogP contribution in [0.2, 0.25) is 0 Å². The normalized spacial score (nSPS) is 11.1. The lowest BCUT2D eigenvalue weighted by atomic mass is 10.1. The Morgan fingerprint density at radius 3 is 0.860 bits per heavy atom. The van der Waals surface area contributed by atoms with Crippen molar-refractivity contribution in [2.45, 2.75) is 80.1 Å². The van der Waals surface area contributed by atoms with Crippen LogP contribution in [-0.4, -0.2) is 19.9 Å². The Kier molecular flexibility index (Phi) is 12.3. The lowest BCUT2D eigenvalue weighted by molar-refractivity contribution is 1.04. The molecule has 57 heavy (non-hydrogen) atoms. The molecule has 0 bridgehead atoms. The molecule has 0 aliphatic heterocycles. The molecule has 4 aromatic heterocycles. The fourth-order valence-electron chi connectivity index (χ4n) is 6.94. The summed E-state index contributed by atoms with van der Waals surface area (Å²) in [5.74, 6) is 3.79. The molecule has 0 amide bonds. The van der Waals surface area contributed by atoms with E-state index in [0.717, 1.165) is 78.7 Å². The molecule has 0 aliphatic rings. The average Bonchev–Trinajstić information content (AvgIpc) is 3.28. The summed E-state index contributed by atoms with van der Waals surface area (Å²) in [6.07, 6.45) is 11.5. The number of hydrogen-bond acceptors (Lipinski definition) is 7. The van der Waals surface area contributed by atoms with Gasteiger partial charge in [0.1, 0.15) is 29.1 Å². The van der Waals surface area contributed by atoms with Crippen LogP contribution < -0.4 is 14.7 Å². The molecule has 0 unspecified atom stereocenters. The Morgan fingerprint density at radius 2 is 0.579 bits per heavy atom. The largest absolute Gasteiger partial charge is 0.295 e. The summed E-state index contributed by atoms with van der Waals surface area (Å²) in [6.45, 7) is 13.0. The van der Waals surface area contributed by atoms with Gasteiger partial charge in [-0.15, -0.1) is 0 Å². The zero-order valence-electron chi connectivity index (χ0n) is 34.2. The van der Waals surface area contributed by atoms with Crippen molar-refractivity contribution in [1.29, 1.82) is 0 Å². The molecule has 288 valence electrons. The van der Waals surface area contributed by atoms with Crippen molar-refractivity contribution in [3.8, 4) is 0 Å². The van der Waals surface area contributed by atoms with Gasteiger partial charge in [0.15, 0.2) is 0 Å². The minimum Gasteiger partial charge on any atom is -0.295 e. The van der Waals surface area contributed by atoms with Crippen molar-refractivity contribution < 1.29 is 0 Å². The predicted octanol–water partition coefficient (Wildman–Crippen LogP) is 13.1. The summed E-state index contributed by atoms with van der Waals surface area (Å²) >= 11 is 0. The second-order valence-corrected chi connectivity index (χ2v) is 14.2. The Morgan fingerprint density at radius 1 is 0.298 bits per heavy atom. The Bertz CT molecular complexity index is 1910. The molecule has 0 N–H and O–H groups in total. The van der Waals surface area contributed by atoms with E-state index >= 15 is 0 Å². The Labute approximate surface area is 338 Å². The fourth-order valence-corrected chi connectivity index (χ4v) is 6.94. The Balaban J connectivity index is 1.53. The van der Waals surface area contributed by atoms with Crippen LogP contribution in [-0.2, 0) is 38.5 Å². The van der Waals surface area contributed by atoms with Gasteiger partial charge in [-0.1, -0.05) is 96.1 Å². The van der Waals surface area contributed by atoms with Crippen LogP contribution in [0.15, 0.2) is 140 Å². The van der Waals surface area contributed by atoms with E-state index in [4.69, 9.17) is 19.9 Å². The van der Waals surface area contributed by atoms with Gasteiger partial charge in [0.2, 0.25) is 0 Å². The van der Waals surface area contributed by atoms with Crippen molar-refractivity contribution in [2.75, 3.05) is 14.7 Å². The van der Waals surface area contributed by atoms with E-state index < -0.39 is 0 Å². The molecule has 0 fully saturated rings. The van der Waals surface area contributed by atoms with Crippen LogP contribution in [0.5, 0.6) is 0 Å². The molecule has 7 rings (SSSR count). The molecule has 0 aliphatic carbocycles. The van der Waals surface area contributed by atoms with E-state index in [0.29, 0.717) is 11.6 Å². The van der Waals surface area contributed by atoms with Gasteiger partial charge in [-0.25, -0.2) is 19.9 Å². The molecule has 0 saturated heterocycles. The quantitative estimate of drug-likeness (QED) is 0.103. The highest BCUT2D eigenvalue weighted by Gasteiger charge is 2.25. The molecule has 0 atom stereocenters. The summed E-state index contributed by atoms with van der Waals surface area (Å²) in [4.78, 5) is 27.2. The summed E-state index contributed by atoms with van der Waals surface area (Å²) in [6, 6.07) is 43.3. The zero-order chi connectivity index (χ0) is 39.7. The van der Waals surface area contributed by atoms with E-state index in [-0.39, 0.29) is 0 Å². The van der Waals surface area contributed by atoms with Gasteiger partial charge in [-0.3, -0.25) is 14.7 Å². The van der Waals surface area contributed by atoms with Crippen LogP contribution in [0.4, 0.5) is 51.8 Å². The highest BCUT2D eigenvalue weighted by molar-refractivity contribution is 5.84. The van der Waals surface area contributed by atoms with E-state index in [1.807, 2.05) is 18.6 Å². The number of benzene rings is 3. The number of aromatic nitrogens is 4. The maximum absolute atomic E-state index is 5.56. The number of pyridine rings is 4. The van der Waals surface area contributed by atoms with Crippen LogP contribution >= 0.6 is 0 Å². The van der Waals surface area contributed by atoms with E-state index in [9.17, 15) is 0 Å². The van der Waals surface area contributed by atoms with Crippen molar-refractivity contribution in [3.63, 3.8) is 0 Å². The first-order chi connectivity index (χ1) is 27.9. The topological polar surface area (TPSA) is 61.3 Å². The molecule has 0 saturated carbocycles. The lowest BCUT2D eigenvalue weighted by Crippen LogP contribution is -2.19. The molecular weight excluding hydrogens is 699 g/mol. The highest BCUT2D eigenvalue weighted by atomic mass is 15.3. The van der Waals surface area contributed by atoms with Crippen LogP contribution in [0.25, 0.3) is 0 Å². The molecule has 7 aromatic rings. The van der Waals surface area contributed by atoms with Gasteiger partial charge < -0.3 is 0 Å². The van der Waals surface area contributed by atoms with Gasteiger partial charge in [0.05, 0.1) is 5.69 Å². The molecule has 0 spiro atoms. The van der Waals surface area contributed by atoms with E-state index in [1.165, 1.54) is 33.4 Å². The van der Waals surface area contributed by atoms with Gasteiger partial charge in [-0.05, 0) is 127 Å². The summed E-state index contributed by atoms with van der Waals surface area (Å²) in [7, 11) is 0. The molecule has 0 radical (unpaired) electrons. The molecule has 7 heteroatoms. The third kappa shape index (κ3) is 8.73. The monoisotopic (exact) mass is 751 g/mol. The third-order valence-electron chi connectivity index (χ3n) is 10.6. The second-order valence-electron chi connectivity index (χ2n) is 14.2. The van der Waals surface area contributed by atoms with Crippen LogP contribution in [0, 0.1) is 0 Å². The fraction of sp³-hybridized carbons (Fsp3) is 0.240. The second kappa shape index (κ2) is 18.1. The number of aryl methyl sites for hydroxylation is 6. The summed E-state index contributed by atoms with van der Waals surface area (Å²) in [5, 5.41) is 0. The third-order valence-corrected chi connectivity index (χ3v) is 10.6. The van der Waals surface area contributed by atoms with Gasteiger partial charge in [-0.2, -0.15) is 0 Å². The van der Waals surface area contributed by atoms with Crippen molar-refractivity contribution >= 4 is 51.8 Å². The number of nitrogens with zero attached hydrogens (tertiary/aromatic N) is 7. The first kappa shape index (κ1) is 38.9. The first-order valence-electron chi connectivity index (χ1n) is 20.5. The number of hydrogen-bond donors (Lipinski definition) is 0. The van der Waals surface area contributed by atoms with E-state index in [1.54, 1.807) is 0 Å². The maximum Gasteiger partial charge on any atom is 0.143 e. The smallest absolute Gasteiger partial charge is 0.143 e. The molecular formula is C50H53N7. The minimum atomic E-state index is 0.712. The number of anilines is 9. The van der Waals surface area contributed by atoms with Crippen LogP contribution in [0.3, 0.4) is 0 Å². The molecule has 3 aromatic carbocycles. The van der Waals surface area contributed by atoms with Crippen molar-refractivity contribution in [3.05, 3.63) is 173 Å². The maximum atomic E-state index is 5.56. The van der Waals surface area contributed by atoms with Gasteiger partial charge in [0, 0.05) is 47.8 Å². The first-order valence-corrected chi connectivity index (χ1v) is 20.5. The van der Waals surface area contributed by atoms with Gasteiger partial charge >= 0.3 is 0 Å². The lowest BCUT2D eigenvalue weighted by Gasteiger charge is -2.31. The molecule has 4 heterocycles. The predicted molar refractivity (Wildman–Crippen MR) is 238 cm³/mol. The SMILES string of the molecule is CCc1ccc(N(c2cc(N(c3ccc(CC)cc3)c3ccc(CC)cn3)nc(N(c3ccc(CC)cc3)c3ccc(CC)cn3)c2)c2ccc(CC)cn2)cc1.